The molecule has 0 saturated heterocycles. The molecule has 0 amide bonds. The molecule has 0 atom stereocenters. The van der Waals surface area contributed by atoms with Gasteiger partial charge < -0.3 is 0 Å². The van der Waals surface area contributed by atoms with Crippen molar-refractivity contribution in [1.82, 2.24) is 0 Å². The van der Waals surface area contributed by atoms with Crippen LogP contribution in [0.3, 0.4) is 0 Å². The van der Waals surface area contributed by atoms with Crippen molar-refractivity contribution in [2.75, 3.05) is 0 Å². The number of alkyl halides is 1. The van der Waals surface area contributed by atoms with E-state index in [0.717, 1.165) is 23.2 Å². The third-order valence-corrected chi connectivity index (χ3v) is 6.02. The summed E-state index contributed by atoms with van der Waals surface area (Å²) in [4.78, 5) is 0. The molecule has 0 spiro atoms. The van der Waals surface area contributed by atoms with Crippen LogP contribution in [0.25, 0.3) is 0 Å². The second kappa shape index (κ2) is 4.91. The van der Waals surface area contributed by atoms with E-state index in [4.69, 9.17) is 0 Å². The van der Waals surface area contributed by atoms with E-state index in [2.05, 4.69) is 79.6 Å². The zero-order valence-corrected chi connectivity index (χ0v) is 13.6. The van der Waals surface area contributed by atoms with E-state index in [9.17, 15) is 0 Å². The highest BCUT2D eigenvalue weighted by molar-refractivity contribution is 9.14. The molecule has 0 unspecified atom stereocenters. The number of rotatable bonds is 1. The molecule has 1 aromatic rings. The van der Waals surface area contributed by atoms with Crippen LogP contribution >= 0.6 is 79.6 Å². The first-order valence-corrected chi connectivity index (χ1v) is 7.25. The molecule has 1 aromatic carbocycles. The first-order valence-electron chi connectivity index (χ1n) is 2.95. The molecule has 0 aromatic heterocycles. The maximum atomic E-state index is 3.50. The highest BCUT2D eigenvalue weighted by atomic mass is 79.9. The van der Waals surface area contributed by atoms with Gasteiger partial charge in [-0.05, 0) is 75.3 Å². The van der Waals surface area contributed by atoms with Crippen LogP contribution in [0.5, 0.6) is 0 Å². The van der Waals surface area contributed by atoms with Gasteiger partial charge in [0.1, 0.15) is 0 Å². The Morgan fingerprint density at radius 1 is 0.917 bits per heavy atom. The van der Waals surface area contributed by atoms with Gasteiger partial charge in [-0.1, -0.05) is 15.9 Å². The minimum atomic E-state index is 0.812. The Labute approximate surface area is 113 Å². The van der Waals surface area contributed by atoms with Crippen molar-refractivity contribution in [1.29, 1.82) is 0 Å². The fraction of sp³-hybridized carbons (Fsp3) is 0.143. The Morgan fingerprint density at radius 2 is 1.33 bits per heavy atom. The molecule has 0 nitrogen and oxygen atoms in total. The molecule has 5 heteroatoms. The molecule has 0 aliphatic heterocycles. The molecule has 12 heavy (non-hydrogen) atoms. The summed E-state index contributed by atoms with van der Waals surface area (Å²) in [7, 11) is 0. The molecule has 0 saturated carbocycles. The minimum absolute atomic E-state index is 0.812. The monoisotopic (exact) mass is 482 g/mol. The van der Waals surface area contributed by atoms with Gasteiger partial charge in [0.2, 0.25) is 0 Å². The predicted molar refractivity (Wildman–Crippen MR) is 69.9 cm³/mol. The summed E-state index contributed by atoms with van der Waals surface area (Å²) in [5.74, 6) is 0. The average Bonchev–Trinajstić information content (AvgIpc) is 2.02. The highest BCUT2D eigenvalue weighted by Crippen LogP contribution is 2.38. The van der Waals surface area contributed by atoms with E-state index in [1.54, 1.807) is 0 Å². The Morgan fingerprint density at radius 3 is 1.67 bits per heavy atom. The Hall–Kier alpha value is 1.62. The van der Waals surface area contributed by atoms with Crippen LogP contribution in [0.4, 0.5) is 0 Å². The summed E-state index contributed by atoms with van der Waals surface area (Å²) in [6.07, 6.45) is 0. The van der Waals surface area contributed by atoms with E-state index in [0.29, 0.717) is 0 Å². The lowest BCUT2D eigenvalue weighted by molar-refractivity contribution is 1.33. The van der Waals surface area contributed by atoms with Gasteiger partial charge in [0.15, 0.2) is 0 Å². The maximum Gasteiger partial charge on any atom is 0.0370 e. The van der Waals surface area contributed by atoms with E-state index in [1.165, 1.54) is 5.56 Å². The van der Waals surface area contributed by atoms with Crippen molar-refractivity contribution in [3.05, 3.63) is 29.5 Å². The lowest BCUT2D eigenvalue weighted by Gasteiger charge is -2.07. The first kappa shape index (κ1) is 11.7. The summed E-state index contributed by atoms with van der Waals surface area (Å²) in [6.45, 7) is 0. The predicted octanol–water partition coefficient (Wildman–Crippen LogP) is 5.63. The van der Waals surface area contributed by atoms with E-state index >= 15 is 0 Å². The van der Waals surface area contributed by atoms with Crippen LogP contribution in [-0.2, 0) is 5.33 Å². The lowest BCUT2D eigenvalue weighted by atomic mass is 10.2. The fourth-order valence-corrected chi connectivity index (χ4v) is 4.47. The zero-order chi connectivity index (χ0) is 9.30. The average molecular weight is 487 g/mol. The van der Waals surface area contributed by atoms with Gasteiger partial charge in [-0.3, -0.25) is 0 Å². The molecule has 0 aliphatic carbocycles. The summed E-state index contributed by atoms with van der Waals surface area (Å²) >= 11 is 17.3. The number of hydrogen-bond donors (Lipinski definition) is 0. The third kappa shape index (κ3) is 2.35. The van der Waals surface area contributed by atoms with Gasteiger partial charge in [0.05, 0.1) is 0 Å². The Bertz CT molecular complexity index is 281. The van der Waals surface area contributed by atoms with Gasteiger partial charge in [0, 0.05) is 23.2 Å². The van der Waals surface area contributed by atoms with Crippen molar-refractivity contribution in [3.8, 4) is 0 Å². The first-order chi connectivity index (χ1) is 5.57. The van der Waals surface area contributed by atoms with Crippen LogP contribution in [0, 0.1) is 0 Å². The highest BCUT2D eigenvalue weighted by Gasteiger charge is 2.10. The molecule has 0 fully saturated rings. The molecule has 0 radical (unpaired) electrons. The number of halogens is 5. The van der Waals surface area contributed by atoms with Crippen molar-refractivity contribution in [3.63, 3.8) is 0 Å². The summed E-state index contributed by atoms with van der Waals surface area (Å²) in [5.41, 5.74) is 1.19. The SMILES string of the molecule is BrCc1c(Br)c(Br)cc(Br)c1Br. The third-order valence-electron chi connectivity index (χ3n) is 1.34. The molecule has 0 heterocycles. The molecule has 1 rings (SSSR count). The summed E-state index contributed by atoms with van der Waals surface area (Å²) in [6, 6.07) is 2.00. The van der Waals surface area contributed by atoms with Gasteiger partial charge in [0.25, 0.3) is 0 Å². The quantitative estimate of drug-likeness (QED) is 0.357. The molecule has 66 valence electrons. The van der Waals surface area contributed by atoms with Crippen molar-refractivity contribution < 1.29 is 0 Å². The standard InChI is InChI=1S/C7H3Br5/c8-2-3-6(11)4(9)1-5(10)7(3)12/h1H,2H2. The smallest absolute Gasteiger partial charge is 0.0370 e. The second-order valence-corrected chi connectivity index (χ2v) is 5.94. The van der Waals surface area contributed by atoms with Gasteiger partial charge in [-0.15, -0.1) is 0 Å². The summed E-state index contributed by atoms with van der Waals surface area (Å²) < 4.78 is 4.25. The van der Waals surface area contributed by atoms with Crippen LogP contribution in [-0.4, -0.2) is 0 Å². The van der Waals surface area contributed by atoms with Crippen LogP contribution in [0.1, 0.15) is 5.56 Å². The zero-order valence-electron chi connectivity index (χ0n) is 5.67. The van der Waals surface area contributed by atoms with Gasteiger partial charge >= 0.3 is 0 Å². The lowest BCUT2D eigenvalue weighted by Crippen LogP contribution is -1.85. The second-order valence-electron chi connectivity index (χ2n) is 2.08. The van der Waals surface area contributed by atoms with Crippen molar-refractivity contribution >= 4 is 79.6 Å². The normalized spacial score (nSPS) is 10.4. The summed E-state index contributed by atoms with van der Waals surface area (Å²) in [5, 5.41) is 0.812. The van der Waals surface area contributed by atoms with E-state index < -0.39 is 0 Å². The Balaban J connectivity index is 3.42. The topological polar surface area (TPSA) is 0 Å². The van der Waals surface area contributed by atoms with Crippen molar-refractivity contribution in [2.24, 2.45) is 0 Å². The van der Waals surface area contributed by atoms with Gasteiger partial charge in [-0.2, -0.15) is 0 Å². The molecular weight excluding hydrogens is 484 g/mol. The van der Waals surface area contributed by atoms with Gasteiger partial charge in [-0.25, -0.2) is 0 Å². The number of hydrogen-bond acceptors (Lipinski definition) is 0. The number of benzene rings is 1. The minimum Gasteiger partial charge on any atom is -0.0875 e. The molecular formula is C7H3Br5. The van der Waals surface area contributed by atoms with E-state index in [-0.39, 0.29) is 0 Å². The van der Waals surface area contributed by atoms with E-state index in [1.807, 2.05) is 6.07 Å². The van der Waals surface area contributed by atoms with Crippen molar-refractivity contribution in [2.45, 2.75) is 5.33 Å². The maximum absolute atomic E-state index is 3.50. The van der Waals surface area contributed by atoms with Crippen LogP contribution < -0.4 is 0 Å². The fourth-order valence-electron chi connectivity index (χ4n) is 0.740. The van der Waals surface area contributed by atoms with Crippen LogP contribution in [0.2, 0.25) is 0 Å². The Kier molecular flexibility index (Phi) is 4.79. The van der Waals surface area contributed by atoms with Crippen LogP contribution in [0.15, 0.2) is 24.0 Å². The molecule has 0 bridgehead atoms. The molecule has 0 N–H and O–H groups in total. The molecule has 0 aliphatic rings. The largest absolute Gasteiger partial charge is 0.0875 e.